The van der Waals surface area contributed by atoms with Gasteiger partial charge in [-0.1, -0.05) is 0 Å². The predicted molar refractivity (Wildman–Crippen MR) is 91.4 cm³/mol. The number of nitroso groups, excluding NO2 is 1. The molecule has 0 unspecified atom stereocenters. The highest BCUT2D eigenvalue weighted by Crippen LogP contribution is 2.18. The van der Waals surface area contributed by atoms with Gasteiger partial charge in [0.25, 0.3) is 5.82 Å². The van der Waals surface area contributed by atoms with Crippen LogP contribution in [-0.2, 0) is 23.0 Å². The Balaban J connectivity index is 2.10. The number of rotatable bonds is 6. The van der Waals surface area contributed by atoms with Crippen molar-refractivity contribution in [3.8, 4) is 0 Å². The van der Waals surface area contributed by atoms with Gasteiger partial charge in [-0.15, -0.1) is 4.91 Å². The van der Waals surface area contributed by atoms with Gasteiger partial charge in [0.05, 0.1) is 25.5 Å². The van der Waals surface area contributed by atoms with Crippen LogP contribution in [0.15, 0.2) is 23.4 Å². The lowest BCUT2D eigenvalue weighted by molar-refractivity contribution is -0.652. The topological polar surface area (TPSA) is 128 Å². The van der Waals surface area contributed by atoms with Crippen LogP contribution >= 0.6 is 0 Å². The monoisotopic (exact) mass is 362 g/mol. The van der Waals surface area contributed by atoms with E-state index >= 15 is 0 Å². The molecule has 9 heteroatoms. The Hall–Kier alpha value is -2.97. The number of carbonyl (C=O) groups excluding carboxylic acids is 2. The first kappa shape index (κ1) is 19.4. The van der Waals surface area contributed by atoms with Gasteiger partial charge in [0.2, 0.25) is 0 Å². The van der Waals surface area contributed by atoms with E-state index in [1.54, 1.807) is 39.0 Å². The Bertz CT molecular complexity index is 838. The molecule has 1 amide bonds. The molecule has 1 aromatic heterocycles. The summed E-state index contributed by atoms with van der Waals surface area (Å²) in [6, 6.07) is 3.77. The summed E-state index contributed by atoms with van der Waals surface area (Å²) < 4.78 is 6.92. The first-order valence-electron chi connectivity index (χ1n) is 8.15. The van der Waals surface area contributed by atoms with Crippen LogP contribution < -0.4 is 15.0 Å². The first-order valence-corrected chi connectivity index (χ1v) is 8.15. The van der Waals surface area contributed by atoms with Gasteiger partial charge in [-0.05, 0) is 44.5 Å². The lowest BCUT2D eigenvalue weighted by Crippen LogP contribution is -2.49. The van der Waals surface area contributed by atoms with E-state index in [0.717, 1.165) is 11.3 Å². The Labute approximate surface area is 150 Å². The van der Waals surface area contributed by atoms with E-state index in [1.165, 1.54) is 0 Å². The maximum Gasteiger partial charge on any atom is 0.408 e. The molecule has 2 aromatic rings. The molecule has 0 fully saturated rings. The van der Waals surface area contributed by atoms with Crippen molar-refractivity contribution < 1.29 is 24.0 Å². The fraction of sp³-hybridized carbons (Fsp3) is 0.471. The number of aromatic amines is 1. The first-order chi connectivity index (χ1) is 12.1. The summed E-state index contributed by atoms with van der Waals surface area (Å²) in [5.74, 6) is -0.651. The number of aryl methyl sites for hydroxylation is 2. The van der Waals surface area contributed by atoms with E-state index in [9.17, 15) is 19.6 Å². The van der Waals surface area contributed by atoms with E-state index in [0.29, 0.717) is 17.6 Å². The second kappa shape index (κ2) is 7.51. The second-order valence-corrected chi connectivity index (χ2v) is 6.98. The van der Waals surface area contributed by atoms with Crippen LogP contribution in [0, 0.1) is 4.91 Å². The summed E-state index contributed by atoms with van der Waals surface area (Å²) in [5, 5.41) is 16.5. The van der Waals surface area contributed by atoms with Crippen LogP contribution in [-0.4, -0.2) is 28.7 Å². The molecule has 0 aliphatic rings. The van der Waals surface area contributed by atoms with Crippen LogP contribution in [0.4, 0.5) is 10.5 Å². The Morgan fingerprint density at radius 2 is 2.08 bits per heavy atom. The number of nitrogens with zero attached hydrogens (tertiary/aromatic N) is 2. The molecule has 2 rings (SSSR count). The zero-order chi connectivity index (χ0) is 19.5. The summed E-state index contributed by atoms with van der Waals surface area (Å²) in [7, 11) is 1.82. The predicted octanol–water partition coefficient (Wildman–Crippen LogP) is 0.966. The molecule has 0 radical (unpaired) electrons. The van der Waals surface area contributed by atoms with Crippen molar-refractivity contribution in [1.29, 1.82) is 0 Å². The number of amides is 1. The normalized spacial score (nSPS) is 12.6. The molecule has 140 valence electrons. The highest BCUT2D eigenvalue weighted by atomic mass is 16.6. The van der Waals surface area contributed by atoms with Crippen LogP contribution in [0.1, 0.15) is 33.0 Å². The molecule has 2 N–H and O–H groups in total. The molecule has 1 atom stereocenters. The summed E-state index contributed by atoms with van der Waals surface area (Å²) in [6.07, 6.45) is -0.362. The van der Waals surface area contributed by atoms with Crippen molar-refractivity contribution in [2.24, 2.45) is 12.2 Å². The van der Waals surface area contributed by atoms with Gasteiger partial charge in [-0.25, -0.2) is 14.3 Å². The van der Waals surface area contributed by atoms with Crippen molar-refractivity contribution in [1.82, 2.24) is 10.3 Å². The van der Waals surface area contributed by atoms with Crippen LogP contribution in [0.3, 0.4) is 0 Å². The number of fused-ring (bicyclic) bond motifs is 1. The molecule has 0 aliphatic heterocycles. The molecule has 26 heavy (non-hydrogen) atoms. The van der Waals surface area contributed by atoms with E-state index < -0.39 is 23.7 Å². The number of carbonyl (C=O) groups is 2. The van der Waals surface area contributed by atoms with Crippen LogP contribution in [0.2, 0.25) is 0 Å². The van der Waals surface area contributed by atoms with Gasteiger partial charge in [0.15, 0.2) is 11.0 Å². The standard InChI is InChI=1S/C17H22N4O5/c1-17(2,3)26-16(24)19-11(15(22)23)6-8-14-18-12-9-10(20-25)5-7-13(12)21(14)4/h5,7,9,11H,6,8H2,1-4H3,(H2,19,22,23,24)/t11-/m0/s1. The van der Waals surface area contributed by atoms with Gasteiger partial charge in [-0.3, -0.25) is 0 Å². The molecule has 1 aromatic carbocycles. The fourth-order valence-electron chi connectivity index (χ4n) is 2.57. The number of hydrogen-bond donors (Lipinski definition) is 2. The van der Waals surface area contributed by atoms with Gasteiger partial charge in [-0.2, -0.15) is 0 Å². The fourth-order valence-corrected chi connectivity index (χ4v) is 2.57. The number of aliphatic carboxylic acids is 1. The molecule has 0 bridgehead atoms. The van der Waals surface area contributed by atoms with Gasteiger partial charge in [0.1, 0.15) is 11.3 Å². The molecule has 0 saturated carbocycles. The summed E-state index contributed by atoms with van der Waals surface area (Å²) in [4.78, 5) is 36.9. The Morgan fingerprint density at radius 1 is 1.38 bits per heavy atom. The third kappa shape index (κ3) is 4.78. The smallest absolute Gasteiger partial charge is 0.408 e. The van der Waals surface area contributed by atoms with E-state index in [-0.39, 0.29) is 6.42 Å². The van der Waals surface area contributed by atoms with E-state index in [2.05, 4.69) is 15.5 Å². The average Bonchev–Trinajstić information content (AvgIpc) is 2.85. The largest absolute Gasteiger partial charge is 0.548 e. The zero-order valence-electron chi connectivity index (χ0n) is 15.2. The number of ether oxygens (including phenoxy) is 1. The zero-order valence-corrected chi connectivity index (χ0v) is 15.2. The third-order valence-electron chi connectivity index (χ3n) is 3.78. The molecule has 1 heterocycles. The number of carboxylic acid groups (broad SMARTS) is 1. The van der Waals surface area contributed by atoms with Crippen LogP contribution in [0.5, 0.6) is 0 Å². The quantitative estimate of drug-likeness (QED) is 0.584. The molecular formula is C17H22N4O5. The molecule has 0 saturated heterocycles. The molecule has 0 aliphatic carbocycles. The Morgan fingerprint density at radius 3 is 2.65 bits per heavy atom. The lowest BCUT2D eigenvalue weighted by atomic mass is 10.1. The minimum atomic E-state index is -1.39. The molecule has 0 spiro atoms. The summed E-state index contributed by atoms with van der Waals surface area (Å²) in [5.41, 5.74) is 1.13. The van der Waals surface area contributed by atoms with E-state index in [1.807, 2.05) is 11.6 Å². The maximum absolute atomic E-state index is 11.8. The van der Waals surface area contributed by atoms with Gasteiger partial charge in [0, 0.05) is 6.07 Å². The third-order valence-corrected chi connectivity index (χ3v) is 3.78. The number of benzene rings is 1. The van der Waals surface area contributed by atoms with Crippen molar-refractivity contribution in [2.75, 3.05) is 0 Å². The van der Waals surface area contributed by atoms with Gasteiger partial charge < -0.3 is 20.0 Å². The number of nitrogens with one attached hydrogen (secondary N) is 2. The van der Waals surface area contributed by atoms with Crippen molar-refractivity contribution in [2.45, 2.75) is 45.3 Å². The second-order valence-electron chi connectivity index (χ2n) is 6.98. The number of imidazole rings is 1. The SMILES string of the molecule is C[n+]1c(CC[C@H](NC(=O)OC(C)(C)C)C(=O)[O-])[nH]c2cc(N=O)ccc21. The van der Waals surface area contributed by atoms with Crippen molar-refractivity contribution in [3.63, 3.8) is 0 Å². The minimum Gasteiger partial charge on any atom is -0.548 e. The van der Waals surface area contributed by atoms with Gasteiger partial charge >= 0.3 is 6.09 Å². The van der Waals surface area contributed by atoms with E-state index in [4.69, 9.17) is 4.74 Å². The summed E-state index contributed by atoms with van der Waals surface area (Å²) >= 11 is 0. The average molecular weight is 362 g/mol. The highest BCUT2D eigenvalue weighted by molar-refractivity contribution is 5.78. The maximum atomic E-state index is 11.8. The molecule has 9 nitrogen and oxygen atoms in total. The number of aromatic nitrogens is 2. The number of hydrogen-bond acceptors (Lipinski definition) is 6. The lowest BCUT2D eigenvalue weighted by Gasteiger charge is -2.23. The molecular weight excluding hydrogens is 340 g/mol. The number of H-pyrrole nitrogens is 1. The van der Waals surface area contributed by atoms with Crippen molar-refractivity contribution >= 4 is 28.8 Å². The Kier molecular flexibility index (Phi) is 5.59. The highest BCUT2D eigenvalue weighted by Gasteiger charge is 2.22. The van der Waals surface area contributed by atoms with Crippen molar-refractivity contribution in [3.05, 3.63) is 28.9 Å². The summed E-state index contributed by atoms with van der Waals surface area (Å²) in [6.45, 7) is 5.06. The number of carboxylic acids is 1. The number of alkyl carbamates (subject to hydrolysis) is 1. The minimum absolute atomic E-state index is 0.112. The van der Waals surface area contributed by atoms with Crippen LogP contribution in [0.25, 0.3) is 11.0 Å².